The van der Waals surface area contributed by atoms with E-state index in [0.29, 0.717) is 19.5 Å². The molecule has 2 heterocycles. The van der Waals surface area contributed by atoms with Crippen molar-refractivity contribution in [2.75, 3.05) is 13.1 Å². The Balaban J connectivity index is 1.58. The molecule has 1 aliphatic rings. The molecule has 0 bridgehead atoms. The fourth-order valence-corrected chi connectivity index (χ4v) is 2.79. The highest BCUT2D eigenvalue weighted by Gasteiger charge is 2.30. The third kappa shape index (κ3) is 3.13. The van der Waals surface area contributed by atoms with E-state index in [1.807, 2.05) is 47.3 Å². The van der Waals surface area contributed by atoms with Crippen LogP contribution in [0.15, 0.2) is 48.8 Å². The molecular weight excluding hydrogens is 266 g/mol. The zero-order valence-corrected chi connectivity index (χ0v) is 11.8. The van der Waals surface area contributed by atoms with Crippen molar-refractivity contribution < 1.29 is 9.90 Å². The van der Waals surface area contributed by atoms with Crippen LogP contribution in [0, 0.1) is 0 Å². The molecule has 2 atom stereocenters. The number of carbonyl (C=O) groups is 1. The third-order valence-electron chi connectivity index (χ3n) is 3.93. The average Bonchev–Trinajstić information content (AvgIpc) is 3.18. The van der Waals surface area contributed by atoms with Gasteiger partial charge in [0.25, 0.3) is 5.91 Å². The summed E-state index contributed by atoms with van der Waals surface area (Å²) in [4.78, 5) is 14.0. The van der Waals surface area contributed by atoms with Crippen molar-refractivity contribution in [2.45, 2.75) is 25.0 Å². The maximum atomic E-state index is 12.3. The molecule has 1 aliphatic heterocycles. The topological polar surface area (TPSA) is 58.4 Å². The van der Waals surface area contributed by atoms with Crippen molar-refractivity contribution in [2.24, 2.45) is 0 Å². The van der Waals surface area contributed by atoms with E-state index in [1.54, 1.807) is 11.1 Å². The van der Waals surface area contributed by atoms with Gasteiger partial charge in [0, 0.05) is 31.9 Å². The van der Waals surface area contributed by atoms with Gasteiger partial charge in [-0.3, -0.25) is 9.48 Å². The molecule has 2 aromatic rings. The van der Waals surface area contributed by atoms with Gasteiger partial charge in [0.1, 0.15) is 6.10 Å². The van der Waals surface area contributed by atoms with Crippen LogP contribution >= 0.6 is 0 Å². The Bertz CT molecular complexity index is 583. The summed E-state index contributed by atoms with van der Waals surface area (Å²) in [7, 11) is 0. The van der Waals surface area contributed by atoms with Crippen LogP contribution in [0.4, 0.5) is 0 Å². The Morgan fingerprint density at radius 2 is 2.14 bits per heavy atom. The van der Waals surface area contributed by atoms with Crippen molar-refractivity contribution in [3.63, 3.8) is 0 Å². The second-order valence-electron chi connectivity index (χ2n) is 5.42. The molecule has 0 saturated carbocycles. The molecule has 0 spiro atoms. The molecule has 1 saturated heterocycles. The Morgan fingerprint density at radius 3 is 2.86 bits per heavy atom. The van der Waals surface area contributed by atoms with Crippen LogP contribution in [0.3, 0.4) is 0 Å². The number of rotatable bonds is 4. The predicted molar refractivity (Wildman–Crippen MR) is 78.6 cm³/mol. The van der Waals surface area contributed by atoms with Crippen molar-refractivity contribution >= 4 is 5.91 Å². The second-order valence-corrected chi connectivity index (χ2v) is 5.42. The largest absolute Gasteiger partial charge is 0.383 e. The lowest BCUT2D eigenvalue weighted by atomic mass is 10.1. The van der Waals surface area contributed by atoms with Gasteiger partial charge in [0.15, 0.2) is 0 Å². The van der Waals surface area contributed by atoms with Gasteiger partial charge >= 0.3 is 0 Å². The Morgan fingerprint density at radius 1 is 1.33 bits per heavy atom. The van der Waals surface area contributed by atoms with Gasteiger partial charge in [0.05, 0.1) is 6.04 Å². The van der Waals surface area contributed by atoms with Gasteiger partial charge in [-0.05, 0) is 18.1 Å². The van der Waals surface area contributed by atoms with Gasteiger partial charge in [-0.15, -0.1) is 0 Å². The van der Waals surface area contributed by atoms with Crippen LogP contribution in [-0.4, -0.2) is 44.9 Å². The minimum atomic E-state index is -0.969. The lowest BCUT2D eigenvalue weighted by Crippen LogP contribution is -2.38. The molecule has 0 radical (unpaired) electrons. The normalized spacial score (nSPS) is 19.7. The van der Waals surface area contributed by atoms with Gasteiger partial charge in [-0.25, -0.2) is 0 Å². The molecular formula is C16H19N3O2. The Labute approximate surface area is 123 Å². The van der Waals surface area contributed by atoms with E-state index in [4.69, 9.17) is 0 Å². The maximum absolute atomic E-state index is 12.3. The van der Waals surface area contributed by atoms with Gasteiger partial charge in [-0.2, -0.15) is 5.10 Å². The van der Waals surface area contributed by atoms with E-state index in [0.717, 1.165) is 12.0 Å². The van der Waals surface area contributed by atoms with Crippen LogP contribution in [0.1, 0.15) is 18.0 Å². The van der Waals surface area contributed by atoms with Crippen LogP contribution in [0.25, 0.3) is 0 Å². The minimum absolute atomic E-state index is 0.187. The molecule has 0 aliphatic carbocycles. The molecule has 5 heteroatoms. The fraction of sp³-hybridized carbons (Fsp3) is 0.375. The smallest absolute Gasteiger partial charge is 0.251 e. The quantitative estimate of drug-likeness (QED) is 0.920. The monoisotopic (exact) mass is 285 g/mol. The second kappa shape index (κ2) is 6.10. The Hall–Kier alpha value is -2.14. The predicted octanol–water partition coefficient (Wildman–Crippen LogP) is 1.26. The maximum Gasteiger partial charge on any atom is 0.251 e. The summed E-state index contributed by atoms with van der Waals surface area (Å²) in [5.41, 5.74) is 0.973. The van der Waals surface area contributed by atoms with Crippen molar-refractivity contribution in [3.8, 4) is 0 Å². The van der Waals surface area contributed by atoms with Gasteiger partial charge in [-0.1, -0.05) is 30.3 Å². The van der Waals surface area contributed by atoms with Crippen LogP contribution in [0.2, 0.25) is 0 Å². The molecule has 1 N–H and O–H groups in total. The lowest BCUT2D eigenvalue weighted by molar-refractivity contribution is -0.139. The zero-order chi connectivity index (χ0) is 14.7. The highest BCUT2D eigenvalue weighted by Crippen LogP contribution is 2.21. The van der Waals surface area contributed by atoms with Crippen LogP contribution in [-0.2, 0) is 11.2 Å². The first-order valence-corrected chi connectivity index (χ1v) is 7.24. The summed E-state index contributed by atoms with van der Waals surface area (Å²) in [6.45, 7) is 1.29. The van der Waals surface area contributed by atoms with E-state index < -0.39 is 6.10 Å². The van der Waals surface area contributed by atoms with Crippen molar-refractivity contribution in [3.05, 3.63) is 54.4 Å². The molecule has 1 amide bonds. The highest BCUT2D eigenvalue weighted by molar-refractivity contribution is 5.81. The summed E-state index contributed by atoms with van der Waals surface area (Å²) in [5, 5.41) is 14.4. The summed E-state index contributed by atoms with van der Waals surface area (Å²) < 4.78 is 1.89. The number of aliphatic hydroxyl groups excluding tert-OH is 1. The first kappa shape index (κ1) is 13.8. The van der Waals surface area contributed by atoms with E-state index in [9.17, 15) is 9.90 Å². The molecule has 110 valence electrons. The molecule has 5 nitrogen and oxygen atoms in total. The molecule has 3 rings (SSSR count). The summed E-state index contributed by atoms with van der Waals surface area (Å²) in [6.07, 6.45) is 3.94. The number of aromatic nitrogens is 2. The van der Waals surface area contributed by atoms with E-state index in [-0.39, 0.29) is 11.9 Å². The van der Waals surface area contributed by atoms with Crippen molar-refractivity contribution in [1.29, 1.82) is 0 Å². The summed E-state index contributed by atoms with van der Waals surface area (Å²) >= 11 is 0. The molecule has 1 aromatic heterocycles. The third-order valence-corrected chi connectivity index (χ3v) is 3.93. The molecule has 21 heavy (non-hydrogen) atoms. The Kier molecular flexibility index (Phi) is 4.01. The number of likely N-dealkylation sites (tertiary alicyclic amines) is 1. The molecule has 1 fully saturated rings. The number of benzene rings is 1. The minimum Gasteiger partial charge on any atom is -0.383 e. The zero-order valence-electron chi connectivity index (χ0n) is 11.8. The summed E-state index contributed by atoms with van der Waals surface area (Å²) in [5.74, 6) is -0.187. The van der Waals surface area contributed by atoms with Crippen molar-refractivity contribution in [1.82, 2.24) is 14.7 Å². The number of hydrogen-bond acceptors (Lipinski definition) is 3. The lowest BCUT2D eigenvalue weighted by Gasteiger charge is -2.20. The number of nitrogens with zero attached hydrogens (tertiary/aromatic N) is 3. The van der Waals surface area contributed by atoms with Crippen LogP contribution in [0.5, 0.6) is 0 Å². The number of amides is 1. The molecule has 1 aromatic carbocycles. The fourth-order valence-electron chi connectivity index (χ4n) is 2.79. The summed E-state index contributed by atoms with van der Waals surface area (Å²) in [6, 6.07) is 11.7. The first-order valence-electron chi connectivity index (χ1n) is 7.24. The van der Waals surface area contributed by atoms with E-state index in [1.165, 1.54) is 0 Å². The number of hydrogen-bond donors (Lipinski definition) is 1. The highest BCUT2D eigenvalue weighted by atomic mass is 16.3. The van der Waals surface area contributed by atoms with Gasteiger partial charge < -0.3 is 10.0 Å². The number of aliphatic hydroxyl groups is 1. The number of carbonyl (C=O) groups excluding carboxylic acids is 1. The van der Waals surface area contributed by atoms with Gasteiger partial charge in [0.2, 0.25) is 0 Å². The van der Waals surface area contributed by atoms with E-state index >= 15 is 0 Å². The van der Waals surface area contributed by atoms with E-state index in [2.05, 4.69) is 5.10 Å². The standard InChI is InChI=1S/C16H19N3O2/c20-15(11-13-5-2-1-3-6-13)16(21)18-10-7-14(12-18)19-9-4-8-17-19/h1-6,8-9,14-15,20H,7,10-12H2/t14?,15-/m0/s1. The van der Waals surface area contributed by atoms with Crippen LogP contribution < -0.4 is 0 Å². The first-order chi connectivity index (χ1) is 10.2. The SMILES string of the molecule is O=C([C@@H](O)Cc1ccccc1)N1CCC(n2cccn2)C1. The molecule has 1 unspecified atom stereocenters. The average molecular weight is 285 g/mol.